The minimum absolute atomic E-state index is 0.124. The lowest BCUT2D eigenvalue weighted by Gasteiger charge is -2.16. The van der Waals surface area contributed by atoms with E-state index in [0.29, 0.717) is 26.6 Å². The number of aromatic nitrogens is 3. The average Bonchev–Trinajstić information content (AvgIpc) is 3.38. The zero-order valence-corrected chi connectivity index (χ0v) is 24.0. The number of ether oxygens (including phenoxy) is 2. The van der Waals surface area contributed by atoms with Crippen LogP contribution >= 0.6 is 34.7 Å². The molecule has 0 aliphatic heterocycles. The predicted octanol–water partition coefficient (Wildman–Crippen LogP) is 6.15. The number of esters is 1. The molecule has 0 bridgehead atoms. The van der Waals surface area contributed by atoms with E-state index in [1.165, 1.54) is 23.1 Å². The second kappa shape index (κ2) is 11.9. The van der Waals surface area contributed by atoms with Crippen molar-refractivity contribution in [2.75, 3.05) is 11.1 Å². The van der Waals surface area contributed by atoms with Crippen LogP contribution in [0.5, 0.6) is 5.75 Å². The Hall–Kier alpha value is -2.56. The Morgan fingerprint density at radius 1 is 1.22 bits per heavy atom. The second-order valence-corrected chi connectivity index (χ2v) is 11.8. The molecular weight excluding hydrogens is 532 g/mol. The highest BCUT2D eigenvalue weighted by molar-refractivity contribution is 7.99. The molecule has 1 N–H and O–H groups in total. The zero-order chi connectivity index (χ0) is 26.7. The number of anilines is 1. The third-order valence-corrected chi connectivity index (χ3v) is 8.44. The van der Waals surface area contributed by atoms with Crippen LogP contribution in [0.1, 0.15) is 71.9 Å². The van der Waals surface area contributed by atoms with Crippen molar-refractivity contribution in [1.29, 1.82) is 0 Å². The van der Waals surface area contributed by atoms with Crippen LogP contribution in [0.4, 0.5) is 5.00 Å². The monoisotopic (exact) mass is 562 g/mol. The number of hydrogen-bond acceptors (Lipinski definition) is 8. The van der Waals surface area contributed by atoms with Crippen LogP contribution in [0, 0.1) is 6.92 Å². The highest BCUT2D eigenvalue weighted by Crippen LogP contribution is 2.39. The van der Waals surface area contributed by atoms with Gasteiger partial charge in [-0.2, -0.15) is 0 Å². The Morgan fingerprint density at radius 2 is 1.97 bits per heavy atom. The van der Waals surface area contributed by atoms with Crippen LogP contribution in [0.25, 0.3) is 0 Å². The molecule has 37 heavy (non-hydrogen) atoms. The fraction of sp³-hybridized carbons (Fsp3) is 0.462. The number of thiophene rings is 1. The molecule has 2 heterocycles. The van der Waals surface area contributed by atoms with Gasteiger partial charge in [-0.15, -0.1) is 21.5 Å². The number of fused-ring (bicyclic) bond motifs is 1. The molecule has 0 saturated carbocycles. The van der Waals surface area contributed by atoms with E-state index in [1.807, 2.05) is 51.4 Å². The van der Waals surface area contributed by atoms with Gasteiger partial charge in [0.05, 0.1) is 17.4 Å². The van der Waals surface area contributed by atoms with Gasteiger partial charge in [0, 0.05) is 16.9 Å². The van der Waals surface area contributed by atoms with Crippen molar-refractivity contribution in [3.8, 4) is 5.75 Å². The van der Waals surface area contributed by atoms with Gasteiger partial charge in [0.2, 0.25) is 5.91 Å². The lowest BCUT2D eigenvalue weighted by Crippen LogP contribution is -2.19. The molecule has 1 aliphatic carbocycles. The first kappa shape index (κ1) is 27.5. The molecule has 0 saturated heterocycles. The smallest absolute Gasteiger partial charge is 0.341 e. The van der Waals surface area contributed by atoms with Crippen molar-refractivity contribution in [3.05, 3.63) is 50.6 Å². The number of nitrogens with zero attached hydrogens (tertiary/aromatic N) is 3. The molecule has 198 valence electrons. The molecule has 8 nitrogen and oxygen atoms in total. The number of carbonyl (C=O) groups is 2. The summed E-state index contributed by atoms with van der Waals surface area (Å²) >= 11 is 8.80. The number of aryl methyl sites for hydroxylation is 2. The molecule has 4 rings (SSSR count). The average molecular weight is 563 g/mol. The van der Waals surface area contributed by atoms with Gasteiger partial charge < -0.3 is 19.4 Å². The Kier molecular flexibility index (Phi) is 8.82. The molecule has 0 spiro atoms. The second-order valence-electron chi connectivity index (χ2n) is 9.28. The van der Waals surface area contributed by atoms with Gasteiger partial charge >= 0.3 is 5.97 Å². The van der Waals surface area contributed by atoms with E-state index in [-0.39, 0.29) is 29.8 Å². The van der Waals surface area contributed by atoms with Crippen molar-refractivity contribution >= 4 is 51.6 Å². The van der Waals surface area contributed by atoms with Gasteiger partial charge in [0.1, 0.15) is 10.8 Å². The van der Waals surface area contributed by atoms with E-state index in [2.05, 4.69) is 15.5 Å². The van der Waals surface area contributed by atoms with Crippen LogP contribution in [0.3, 0.4) is 0 Å². The van der Waals surface area contributed by atoms with Crippen LogP contribution in [-0.2, 0) is 29.4 Å². The van der Waals surface area contributed by atoms with Gasteiger partial charge in [-0.1, -0.05) is 23.4 Å². The molecule has 1 atom stereocenters. The summed E-state index contributed by atoms with van der Waals surface area (Å²) < 4.78 is 13.4. The van der Waals surface area contributed by atoms with Crippen LogP contribution in [-0.4, -0.2) is 38.5 Å². The van der Waals surface area contributed by atoms with Crippen LogP contribution < -0.4 is 10.1 Å². The van der Waals surface area contributed by atoms with Crippen LogP contribution in [0.15, 0.2) is 23.4 Å². The van der Waals surface area contributed by atoms with E-state index in [4.69, 9.17) is 21.1 Å². The molecular formula is C26H31ClN4O4S2. The van der Waals surface area contributed by atoms with Gasteiger partial charge in [0.15, 0.2) is 17.1 Å². The molecule has 1 unspecified atom stereocenters. The highest BCUT2D eigenvalue weighted by atomic mass is 35.5. The third kappa shape index (κ3) is 6.48. The van der Waals surface area contributed by atoms with Crippen molar-refractivity contribution < 1.29 is 19.1 Å². The Bertz CT molecular complexity index is 1300. The number of amides is 1. The summed E-state index contributed by atoms with van der Waals surface area (Å²) in [5.74, 6) is 0.896. The fourth-order valence-electron chi connectivity index (χ4n) is 4.23. The van der Waals surface area contributed by atoms with Gasteiger partial charge in [-0.25, -0.2) is 4.79 Å². The van der Waals surface area contributed by atoms with Gasteiger partial charge in [-0.05, 0) is 82.7 Å². The largest absolute Gasteiger partial charge is 0.482 e. The number of benzene rings is 1. The van der Waals surface area contributed by atoms with Gasteiger partial charge in [0.25, 0.3) is 0 Å². The molecule has 1 aliphatic rings. The topological polar surface area (TPSA) is 95.3 Å². The first-order chi connectivity index (χ1) is 17.6. The van der Waals surface area contributed by atoms with Gasteiger partial charge in [-0.3, -0.25) is 4.79 Å². The van der Waals surface area contributed by atoms with Crippen LogP contribution in [0.2, 0.25) is 5.02 Å². The van der Waals surface area contributed by atoms with E-state index < -0.39 is 0 Å². The van der Waals surface area contributed by atoms with E-state index >= 15 is 0 Å². The maximum Gasteiger partial charge on any atom is 0.341 e. The summed E-state index contributed by atoms with van der Waals surface area (Å²) in [6.45, 7) is 7.48. The SMILES string of the molecule is Cc1cc(Cl)ccc1OC(C)c1nnc(SCC(=O)Nc2sc3c(c2C(=O)OC(C)C)CCCC3)n1C. The number of thioether (sulfide) groups is 1. The summed E-state index contributed by atoms with van der Waals surface area (Å²) in [6, 6.07) is 5.46. The van der Waals surface area contributed by atoms with E-state index in [9.17, 15) is 9.59 Å². The molecule has 0 fully saturated rings. The minimum Gasteiger partial charge on any atom is -0.482 e. The fourth-order valence-corrected chi connectivity index (χ4v) is 6.47. The Morgan fingerprint density at radius 3 is 2.70 bits per heavy atom. The number of halogens is 1. The Balaban J connectivity index is 1.41. The van der Waals surface area contributed by atoms with Crippen molar-refractivity contribution in [3.63, 3.8) is 0 Å². The first-order valence-electron chi connectivity index (χ1n) is 12.2. The molecule has 3 aromatic rings. The number of hydrogen-bond donors (Lipinski definition) is 1. The summed E-state index contributed by atoms with van der Waals surface area (Å²) in [6.07, 6.45) is 3.28. The Labute approximate surface area is 230 Å². The predicted molar refractivity (Wildman–Crippen MR) is 147 cm³/mol. The maximum absolute atomic E-state index is 12.9. The summed E-state index contributed by atoms with van der Waals surface area (Å²) in [5.41, 5.74) is 2.46. The van der Waals surface area contributed by atoms with Crippen molar-refractivity contribution in [2.45, 2.75) is 70.7 Å². The first-order valence-corrected chi connectivity index (χ1v) is 14.4. The summed E-state index contributed by atoms with van der Waals surface area (Å²) in [5, 5.41) is 13.3. The molecule has 1 amide bonds. The maximum atomic E-state index is 12.9. The minimum atomic E-state index is -0.375. The van der Waals surface area contributed by atoms with E-state index in [0.717, 1.165) is 47.4 Å². The lowest BCUT2D eigenvalue weighted by molar-refractivity contribution is -0.113. The zero-order valence-electron chi connectivity index (χ0n) is 21.6. The number of rotatable bonds is 9. The normalized spacial score (nSPS) is 13.8. The summed E-state index contributed by atoms with van der Waals surface area (Å²) in [7, 11) is 1.84. The third-order valence-electron chi connectivity index (χ3n) is 5.98. The standard InChI is InChI=1S/C26H31ClN4O4S2/c1-14(2)34-25(33)22-18-8-6-7-9-20(18)37-24(22)28-21(32)13-36-26-30-29-23(31(26)5)16(4)35-19-11-10-17(27)12-15(19)3/h10-12,14,16H,6-9,13H2,1-5H3,(H,28,32). The summed E-state index contributed by atoms with van der Waals surface area (Å²) in [4.78, 5) is 26.9. The molecule has 2 aromatic heterocycles. The van der Waals surface area contributed by atoms with Crippen molar-refractivity contribution in [1.82, 2.24) is 14.8 Å². The molecule has 0 radical (unpaired) electrons. The molecule has 11 heteroatoms. The number of nitrogens with one attached hydrogen (secondary N) is 1. The highest BCUT2D eigenvalue weighted by Gasteiger charge is 2.28. The number of carbonyl (C=O) groups excluding carboxylic acids is 2. The lowest BCUT2D eigenvalue weighted by atomic mass is 9.95. The van der Waals surface area contributed by atoms with Crippen molar-refractivity contribution in [2.24, 2.45) is 7.05 Å². The van der Waals surface area contributed by atoms with E-state index in [1.54, 1.807) is 6.07 Å². The quantitative estimate of drug-likeness (QED) is 0.247. The molecule has 1 aromatic carbocycles.